The summed E-state index contributed by atoms with van der Waals surface area (Å²) in [6.07, 6.45) is 0. The summed E-state index contributed by atoms with van der Waals surface area (Å²) >= 11 is 12.0. The third kappa shape index (κ3) is 2.96. The van der Waals surface area contributed by atoms with Crippen LogP contribution in [-0.4, -0.2) is 11.8 Å². The number of benzene rings is 2. The van der Waals surface area contributed by atoms with Crippen LogP contribution in [0.3, 0.4) is 0 Å². The van der Waals surface area contributed by atoms with E-state index in [0.717, 1.165) is 5.39 Å². The van der Waals surface area contributed by atoms with Gasteiger partial charge < -0.3 is 4.42 Å². The van der Waals surface area contributed by atoms with Crippen molar-refractivity contribution >= 4 is 46.0 Å². The van der Waals surface area contributed by atoms with Gasteiger partial charge in [-0.3, -0.25) is 20.4 Å². The van der Waals surface area contributed by atoms with Gasteiger partial charge >= 0.3 is 5.91 Å². The third-order valence-electron chi connectivity index (χ3n) is 3.53. The molecular formula is C17H12Cl2N2O3. The van der Waals surface area contributed by atoms with E-state index in [-0.39, 0.29) is 16.3 Å². The second kappa shape index (κ2) is 6.55. The number of carbonyl (C=O) groups is 2. The number of nitrogens with one attached hydrogen (secondary N) is 2. The van der Waals surface area contributed by atoms with Crippen LogP contribution in [0.2, 0.25) is 10.0 Å². The van der Waals surface area contributed by atoms with Crippen LogP contribution in [0.25, 0.3) is 11.0 Å². The molecule has 0 saturated carbocycles. The van der Waals surface area contributed by atoms with E-state index in [1.807, 2.05) is 0 Å². The zero-order valence-corrected chi connectivity index (χ0v) is 14.0. The average Bonchev–Trinajstić information content (AvgIpc) is 2.91. The van der Waals surface area contributed by atoms with Crippen LogP contribution in [0.5, 0.6) is 0 Å². The maximum Gasteiger partial charge on any atom is 0.305 e. The Morgan fingerprint density at radius 1 is 0.917 bits per heavy atom. The van der Waals surface area contributed by atoms with Gasteiger partial charge in [-0.15, -0.1) is 0 Å². The first kappa shape index (κ1) is 16.4. The predicted molar refractivity (Wildman–Crippen MR) is 92.3 cm³/mol. The highest BCUT2D eigenvalue weighted by atomic mass is 35.5. The van der Waals surface area contributed by atoms with Gasteiger partial charge in [-0.1, -0.05) is 47.5 Å². The summed E-state index contributed by atoms with van der Waals surface area (Å²) in [7, 11) is 0. The first-order chi connectivity index (χ1) is 11.5. The topological polar surface area (TPSA) is 71.3 Å². The van der Waals surface area contributed by atoms with Gasteiger partial charge in [0.15, 0.2) is 11.3 Å². The van der Waals surface area contributed by atoms with Crippen molar-refractivity contribution in [1.82, 2.24) is 10.9 Å². The first-order valence-electron chi connectivity index (χ1n) is 7.02. The largest absolute Gasteiger partial charge is 0.449 e. The molecule has 5 nitrogen and oxygen atoms in total. The Balaban J connectivity index is 1.79. The van der Waals surface area contributed by atoms with Crippen molar-refractivity contribution in [1.29, 1.82) is 0 Å². The molecule has 0 aliphatic rings. The lowest BCUT2D eigenvalue weighted by Crippen LogP contribution is -2.41. The lowest BCUT2D eigenvalue weighted by molar-refractivity contribution is 0.0831. The highest BCUT2D eigenvalue weighted by Crippen LogP contribution is 2.30. The molecule has 3 aromatic rings. The smallest absolute Gasteiger partial charge is 0.305 e. The van der Waals surface area contributed by atoms with Gasteiger partial charge in [0, 0.05) is 10.9 Å². The summed E-state index contributed by atoms with van der Waals surface area (Å²) in [6, 6.07) is 11.8. The molecule has 2 aromatic carbocycles. The van der Waals surface area contributed by atoms with Gasteiger partial charge in [0.05, 0.1) is 15.6 Å². The third-order valence-corrected chi connectivity index (χ3v) is 4.16. The van der Waals surface area contributed by atoms with Crippen LogP contribution in [0.1, 0.15) is 26.5 Å². The molecule has 1 heterocycles. The molecule has 0 fully saturated rings. The molecule has 24 heavy (non-hydrogen) atoms. The highest BCUT2D eigenvalue weighted by Gasteiger charge is 2.20. The SMILES string of the molecule is Cc1c(C(=O)NNC(=O)c2ccccc2Cl)oc2c(Cl)cccc12. The van der Waals surface area contributed by atoms with Crippen LogP contribution in [0.4, 0.5) is 0 Å². The van der Waals surface area contributed by atoms with Crippen molar-refractivity contribution in [2.45, 2.75) is 6.92 Å². The Morgan fingerprint density at radius 3 is 2.29 bits per heavy atom. The zero-order valence-electron chi connectivity index (χ0n) is 12.5. The van der Waals surface area contributed by atoms with Gasteiger partial charge in [0.2, 0.25) is 0 Å². The van der Waals surface area contributed by atoms with Crippen molar-refractivity contribution in [3.05, 3.63) is 69.4 Å². The monoisotopic (exact) mass is 362 g/mol. The molecule has 2 amide bonds. The maximum atomic E-state index is 12.3. The van der Waals surface area contributed by atoms with E-state index in [0.29, 0.717) is 16.2 Å². The molecule has 1 aromatic heterocycles. The fraction of sp³-hybridized carbons (Fsp3) is 0.0588. The quantitative estimate of drug-likeness (QED) is 0.673. The summed E-state index contributed by atoms with van der Waals surface area (Å²) < 4.78 is 5.53. The number of hydrogen-bond donors (Lipinski definition) is 2. The molecular weight excluding hydrogens is 351 g/mol. The Morgan fingerprint density at radius 2 is 1.58 bits per heavy atom. The maximum absolute atomic E-state index is 12.3. The summed E-state index contributed by atoms with van der Waals surface area (Å²) in [4.78, 5) is 24.3. The number of halogens is 2. The molecule has 0 aliphatic heterocycles. The minimum Gasteiger partial charge on any atom is -0.449 e. The van der Waals surface area contributed by atoms with Crippen molar-refractivity contribution in [2.24, 2.45) is 0 Å². The molecule has 0 aliphatic carbocycles. The van der Waals surface area contributed by atoms with E-state index >= 15 is 0 Å². The molecule has 0 saturated heterocycles. The second-order valence-electron chi connectivity index (χ2n) is 5.06. The Hall–Kier alpha value is -2.50. The summed E-state index contributed by atoms with van der Waals surface area (Å²) in [5, 5.41) is 1.44. The molecule has 0 spiro atoms. The van der Waals surface area contributed by atoms with E-state index in [4.69, 9.17) is 27.6 Å². The Labute approximate surface area is 147 Å². The second-order valence-corrected chi connectivity index (χ2v) is 5.88. The molecule has 0 unspecified atom stereocenters. The minimum absolute atomic E-state index is 0.0811. The van der Waals surface area contributed by atoms with Crippen LogP contribution in [0.15, 0.2) is 46.9 Å². The van der Waals surface area contributed by atoms with E-state index in [1.165, 1.54) is 0 Å². The normalized spacial score (nSPS) is 10.6. The predicted octanol–water partition coefficient (Wildman–Crippen LogP) is 4.12. The number of para-hydroxylation sites is 1. The molecule has 0 bridgehead atoms. The Bertz CT molecular complexity index is 950. The molecule has 0 atom stereocenters. The first-order valence-corrected chi connectivity index (χ1v) is 7.77. The fourth-order valence-electron chi connectivity index (χ4n) is 2.31. The van der Waals surface area contributed by atoms with E-state index < -0.39 is 11.8 Å². The minimum atomic E-state index is -0.583. The average molecular weight is 363 g/mol. The number of rotatable bonds is 2. The van der Waals surface area contributed by atoms with Crippen LogP contribution < -0.4 is 10.9 Å². The molecule has 2 N–H and O–H groups in total. The van der Waals surface area contributed by atoms with Crippen LogP contribution in [0, 0.1) is 6.92 Å². The number of amides is 2. The standard InChI is InChI=1S/C17H12Cl2N2O3/c1-9-10-6-4-8-13(19)15(10)24-14(9)17(23)21-20-16(22)11-5-2-3-7-12(11)18/h2-8H,1H3,(H,20,22)(H,21,23). The van der Waals surface area contributed by atoms with Crippen LogP contribution >= 0.6 is 23.2 Å². The molecule has 0 radical (unpaired) electrons. The van der Waals surface area contributed by atoms with Gasteiger partial charge in [0.1, 0.15) is 0 Å². The fourth-order valence-corrected chi connectivity index (χ4v) is 2.74. The molecule has 122 valence electrons. The van der Waals surface area contributed by atoms with E-state index in [9.17, 15) is 9.59 Å². The van der Waals surface area contributed by atoms with Gasteiger partial charge in [-0.25, -0.2) is 0 Å². The van der Waals surface area contributed by atoms with Gasteiger partial charge in [0.25, 0.3) is 5.91 Å². The summed E-state index contributed by atoms with van der Waals surface area (Å²) in [5.41, 5.74) is 5.94. The van der Waals surface area contributed by atoms with E-state index in [1.54, 1.807) is 49.4 Å². The lowest BCUT2D eigenvalue weighted by Gasteiger charge is -2.07. The summed E-state index contributed by atoms with van der Waals surface area (Å²) in [6.45, 7) is 1.74. The number of hydrazine groups is 1. The molecule has 3 rings (SSSR count). The number of aryl methyl sites for hydroxylation is 1. The summed E-state index contributed by atoms with van der Waals surface area (Å²) in [5.74, 6) is -1.03. The lowest BCUT2D eigenvalue weighted by atomic mass is 10.1. The van der Waals surface area contributed by atoms with Crippen LogP contribution in [-0.2, 0) is 0 Å². The number of carbonyl (C=O) groups excluding carboxylic acids is 2. The van der Waals surface area contributed by atoms with Crippen molar-refractivity contribution in [2.75, 3.05) is 0 Å². The van der Waals surface area contributed by atoms with Gasteiger partial charge in [-0.2, -0.15) is 0 Å². The van der Waals surface area contributed by atoms with Gasteiger partial charge in [-0.05, 0) is 25.1 Å². The number of fused-ring (bicyclic) bond motifs is 1. The zero-order chi connectivity index (χ0) is 17.3. The highest BCUT2D eigenvalue weighted by molar-refractivity contribution is 6.35. The molecule has 7 heteroatoms. The van der Waals surface area contributed by atoms with Crippen molar-refractivity contribution in [3.63, 3.8) is 0 Å². The number of furan rings is 1. The number of hydrogen-bond acceptors (Lipinski definition) is 3. The van der Waals surface area contributed by atoms with Crippen molar-refractivity contribution < 1.29 is 14.0 Å². The van der Waals surface area contributed by atoms with Crippen molar-refractivity contribution in [3.8, 4) is 0 Å². The van der Waals surface area contributed by atoms with E-state index in [2.05, 4.69) is 10.9 Å². The Kier molecular flexibility index (Phi) is 4.46.